The van der Waals surface area contributed by atoms with E-state index in [9.17, 15) is 0 Å². The first-order chi connectivity index (χ1) is 9.47. The second kappa shape index (κ2) is 6.57. The molecule has 0 aliphatic carbocycles. The predicted octanol–water partition coefficient (Wildman–Crippen LogP) is 3.63. The molecular weight excluding hydrogens is 290 g/mol. The Morgan fingerprint density at radius 1 is 1.45 bits per heavy atom. The smallest absolute Gasteiger partial charge is 0.0798 e. The summed E-state index contributed by atoms with van der Waals surface area (Å²) in [7, 11) is 2.08. The SMILES string of the molecule is Cc1ncsc1CN(C)c1cc(Cl)ccc1CC(C)N. The highest BCUT2D eigenvalue weighted by Gasteiger charge is 2.12. The van der Waals surface area contributed by atoms with Crippen molar-refractivity contribution in [2.45, 2.75) is 32.9 Å². The Balaban J connectivity index is 2.25. The summed E-state index contributed by atoms with van der Waals surface area (Å²) in [4.78, 5) is 7.79. The van der Waals surface area contributed by atoms with Gasteiger partial charge in [0, 0.05) is 28.7 Å². The van der Waals surface area contributed by atoms with Gasteiger partial charge in [0.1, 0.15) is 0 Å². The van der Waals surface area contributed by atoms with E-state index in [4.69, 9.17) is 17.3 Å². The van der Waals surface area contributed by atoms with Gasteiger partial charge in [0.05, 0.1) is 17.7 Å². The van der Waals surface area contributed by atoms with Crippen LogP contribution < -0.4 is 10.6 Å². The summed E-state index contributed by atoms with van der Waals surface area (Å²) in [6.45, 7) is 4.90. The number of aryl methyl sites for hydroxylation is 1. The Labute approximate surface area is 129 Å². The summed E-state index contributed by atoms with van der Waals surface area (Å²) in [5.41, 5.74) is 11.3. The van der Waals surface area contributed by atoms with E-state index in [1.807, 2.05) is 31.5 Å². The standard InChI is InChI=1S/C15H20ClN3S/c1-10(17)6-12-4-5-13(16)7-14(12)19(3)8-15-11(2)18-9-20-15/h4-5,7,9-10H,6,8,17H2,1-3H3. The Kier molecular flexibility index (Phi) is 5.02. The number of hydrogen-bond acceptors (Lipinski definition) is 4. The minimum atomic E-state index is 0.133. The Morgan fingerprint density at radius 3 is 2.80 bits per heavy atom. The Morgan fingerprint density at radius 2 is 2.20 bits per heavy atom. The van der Waals surface area contributed by atoms with Crippen molar-refractivity contribution in [2.24, 2.45) is 5.73 Å². The topological polar surface area (TPSA) is 42.2 Å². The van der Waals surface area contributed by atoms with Crippen LogP contribution in [0.25, 0.3) is 0 Å². The maximum Gasteiger partial charge on any atom is 0.0798 e. The van der Waals surface area contributed by atoms with Crippen molar-refractivity contribution in [3.8, 4) is 0 Å². The summed E-state index contributed by atoms with van der Waals surface area (Å²) >= 11 is 7.83. The van der Waals surface area contributed by atoms with Crippen LogP contribution in [-0.4, -0.2) is 18.1 Å². The van der Waals surface area contributed by atoms with Gasteiger partial charge in [-0.3, -0.25) is 0 Å². The number of halogens is 1. The number of anilines is 1. The van der Waals surface area contributed by atoms with Crippen LogP contribution in [0.3, 0.4) is 0 Å². The number of hydrogen-bond donors (Lipinski definition) is 1. The quantitative estimate of drug-likeness (QED) is 0.917. The van der Waals surface area contributed by atoms with Crippen LogP contribution in [-0.2, 0) is 13.0 Å². The molecule has 1 heterocycles. The lowest BCUT2D eigenvalue weighted by atomic mass is 10.0. The fourth-order valence-electron chi connectivity index (χ4n) is 2.19. The lowest BCUT2D eigenvalue weighted by Gasteiger charge is -2.23. The van der Waals surface area contributed by atoms with Gasteiger partial charge in [0.15, 0.2) is 0 Å². The summed E-state index contributed by atoms with van der Waals surface area (Å²) in [6.07, 6.45) is 0.846. The second-order valence-electron chi connectivity index (χ2n) is 5.17. The molecule has 2 N–H and O–H groups in total. The molecule has 2 aromatic rings. The van der Waals surface area contributed by atoms with E-state index in [-0.39, 0.29) is 6.04 Å². The Bertz CT molecular complexity index is 580. The minimum Gasteiger partial charge on any atom is -0.369 e. The average molecular weight is 310 g/mol. The van der Waals surface area contributed by atoms with Crippen LogP contribution in [0.2, 0.25) is 5.02 Å². The normalized spacial score (nSPS) is 12.4. The maximum absolute atomic E-state index is 6.14. The van der Waals surface area contributed by atoms with Crippen molar-refractivity contribution in [2.75, 3.05) is 11.9 Å². The van der Waals surface area contributed by atoms with Gasteiger partial charge in [-0.15, -0.1) is 11.3 Å². The monoisotopic (exact) mass is 309 g/mol. The summed E-state index contributed by atoms with van der Waals surface area (Å²) in [6, 6.07) is 6.13. The van der Waals surface area contributed by atoms with Crippen molar-refractivity contribution in [3.63, 3.8) is 0 Å². The predicted molar refractivity (Wildman–Crippen MR) is 87.8 cm³/mol. The third-order valence-corrected chi connectivity index (χ3v) is 4.38. The van der Waals surface area contributed by atoms with Crippen molar-refractivity contribution < 1.29 is 0 Å². The first-order valence-electron chi connectivity index (χ1n) is 6.61. The van der Waals surface area contributed by atoms with E-state index < -0.39 is 0 Å². The molecule has 1 atom stereocenters. The first kappa shape index (κ1) is 15.3. The average Bonchev–Trinajstić information content (AvgIpc) is 2.76. The van der Waals surface area contributed by atoms with E-state index >= 15 is 0 Å². The molecule has 0 radical (unpaired) electrons. The van der Waals surface area contributed by atoms with Gasteiger partial charge in [-0.1, -0.05) is 17.7 Å². The molecule has 0 aliphatic heterocycles. The lowest BCUT2D eigenvalue weighted by molar-refractivity contribution is 0.734. The van der Waals surface area contributed by atoms with Gasteiger partial charge < -0.3 is 10.6 Å². The van der Waals surface area contributed by atoms with Crippen molar-refractivity contribution >= 4 is 28.6 Å². The molecule has 0 aliphatic rings. The molecule has 108 valence electrons. The largest absolute Gasteiger partial charge is 0.369 e. The third kappa shape index (κ3) is 3.72. The molecule has 0 fully saturated rings. The molecule has 1 aromatic heterocycles. The van der Waals surface area contributed by atoms with E-state index in [0.29, 0.717) is 0 Å². The second-order valence-corrected chi connectivity index (χ2v) is 6.55. The number of benzene rings is 1. The van der Waals surface area contributed by atoms with Gasteiger partial charge in [0.2, 0.25) is 0 Å². The molecule has 1 unspecified atom stereocenters. The first-order valence-corrected chi connectivity index (χ1v) is 7.87. The number of aromatic nitrogens is 1. The molecule has 0 bridgehead atoms. The van der Waals surface area contributed by atoms with Crippen molar-refractivity contribution in [1.82, 2.24) is 4.98 Å². The highest BCUT2D eigenvalue weighted by Crippen LogP contribution is 2.27. The zero-order chi connectivity index (χ0) is 14.7. The molecule has 0 spiro atoms. The van der Waals surface area contributed by atoms with Crippen LogP contribution in [0.5, 0.6) is 0 Å². The van der Waals surface area contributed by atoms with Crippen LogP contribution in [0.4, 0.5) is 5.69 Å². The van der Waals surface area contributed by atoms with Crippen LogP contribution in [0.1, 0.15) is 23.1 Å². The van der Waals surface area contributed by atoms with Gasteiger partial charge in [-0.25, -0.2) is 4.98 Å². The van der Waals surface area contributed by atoms with Gasteiger partial charge in [-0.05, 0) is 38.0 Å². The summed E-state index contributed by atoms with van der Waals surface area (Å²) < 4.78 is 0. The number of nitrogens with two attached hydrogens (primary N) is 1. The molecular formula is C15H20ClN3S. The van der Waals surface area contributed by atoms with Crippen molar-refractivity contribution in [3.05, 3.63) is 44.9 Å². The van der Waals surface area contributed by atoms with Gasteiger partial charge in [-0.2, -0.15) is 0 Å². The molecule has 0 amide bonds. The zero-order valence-corrected chi connectivity index (χ0v) is 13.6. The van der Waals surface area contributed by atoms with Crippen LogP contribution in [0, 0.1) is 6.92 Å². The highest BCUT2D eigenvalue weighted by atomic mass is 35.5. The van der Waals surface area contributed by atoms with E-state index in [1.54, 1.807) is 11.3 Å². The molecule has 0 saturated heterocycles. The maximum atomic E-state index is 6.14. The zero-order valence-electron chi connectivity index (χ0n) is 12.1. The molecule has 5 heteroatoms. The number of thiazole rings is 1. The number of nitrogens with zero attached hydrogens (tertiary/aromatic N) is 2. The molecule has 0 saturated carbocycles. The van der Waals surface area contributed by atoms with E-state index in [2.05, 4.69) is 23.0 Å². The molecule has 3 nitrogen and oxygen atoms in total. The summed E-state index contributed by atoms with van der Waals surface area (Å²) in [5.74, 6) is 0. The fraction of sp³-hybridized carbons (Fsp3) is 0.400. The minimum absolute atomic E-state index is 0.133. The molecule has 20 heavy (non-hydrogen) atoms. The van der Waals surface area contributed by atoms with Gasteiger partial charge >= 0.3 is 0 Å². The highest BCUT2D eigenvalue weighted by molar-refractivity contribution is 7.09. The lowest BCUT2D eigenvalue weighted by Crippen LogP contribution is -2.22. The van der Waals surface area contributed by atoms with Crippen LogP contribution >= 0.6 is 22.9 Å². The molecule has 2 rings (SSSR count). The van der Waals surface area contributed by atoms with Crippen LogP contribution in [0.15, 0.2) is 23.7 Å². The molecule has 1 aromatic carbocycles. The fourth-order valence-corrected chi connectivity index (χ4v) is 3.19. The van der Waals surface area contributed by atoms with Gasteiger partial charge in [0.25, 0.3) is 0 Å². The third-order valence-electron chi connectivity index (χ3n) is 3.23. The van der Waals surface area contributed by atoms with E-state index in [1.165, 1.54) is 10.4 Å². The Hall–Kier alpha value is -1.10. The number of rotatable bonds is 5. The van der Waals surface area contributed by atoms with Crippen molar-refractivity contribution in [1.29, 1.82) is 0 Å². The summed E-state index contributed by atoms with van der Waals surface area (Å²) in [5, 5.41) is 0.751. The van der Waals surface area contributed by atoms with E-state index in [0.717, 1.165) is 29.4 Å².